The van der Waals surface area contributed by atoms with E-state index < -0.39 is 17.8 Å². The summed E-state index contributed by atoms with van der Waals surface area (Å²) >= 11 is 3.49. The van der Waals surface area contributed by atoms with E-state index in [1.807, 2.05) is 46.8 Å². The third-order valence-electron chi connectivity index (χ3n) is 6.22. The SMILES string of the molecule is C.CC.CC[C@@H](OC(N)=NC(C)(c1cc(N[C@@H]2CCc3cc(Br)ccc32)ccc1F)C(F)F)C(C)C. The van der Waals surface area contributed by atoms with Crippen LogP contribution in [0.4, 0.5) is 18.9 Å². The fourth-order valence-corrected chi connectivity index (χ4v) is 4.68. The van der Waals surface area contributed by atoms with Gasteiger partial charge in [0.05, 0.1) is 6.04 Å². The highest BCUT2D eigenvalue weighted by Gasteiger charge is 2.40. The van der Waals surface area contributed by atoms with Crippen LogP contribution in [0.15, 0.2) is 45.9 Å². The standard InChI is InChI=1S/C25H31BrF3N3O.C2H6.CH4/c1-5-22(14(2)3)33-24(30)32-25(4,23(28)29)19-13-17(8-10-20(19)27)31-21-11-6-15-12-16(26)7-9-18(15)21;1-2;/h7-10,12-14,21-23,31H,5-6,11H2,1-4H3,(H2,30,32);1-2H3;1H4/t21-,22-,25?;;/m1../s1. The number of aryl methyl sites for hydroxylation is 1. The topological polar surface area (TPSA) is 59.6 Å². The maximum atomic E-state index is 14.8. The number of aliphatic imine (C=N–C) groups is 1. The van der Waals surface area contributed by atoms with Gasteiger partial charge in [0.15, 0.2) is 5.54 Å². The lowest BCUT2D eigenvalue weighted by Gasteiger charge is -2.28. The molecule has 0 saturated heterocycles. The van der Waals surface area contributed by atoms with Crippen molar-refractivity contribution in [2.75, 3.05) is 5.32 Å². The van der Waals surface area contributed by atoms with Gasteiger partial charge in [-0.05, 0) is 73.6 Å². The number of fused-ring (bicyclic) bond motifs is 1. The highest BCUT2D eigenvalue weighted by Crippen LogP contribution is 2.39. The van der Waals surface area contributed by atoms with Crippen LogP contribution in [0, 0.1) is 11.7 Å². The van der Waals surface area contributed by atoms with Crippen LogP contribution in [0.2, 0.25) is 0 Å². The molecule has 202 valence electrons. The molecule has 3 atom stereocenters. The molecule has 1 unspecified atom stereocenters. The number of ether oxygens (including phenoxy) is 1. The third-order valence-corrected chi connectivity index (χ3v) is 6.71. The third kappa shape index (κ3) is 7.40. The molecule has 2 aromatic carbocycles. The summed E-state index contributed by atoms with van der Waals surface area (Å²) in [5, 5.41) is 3.37. The van der Waals surface area contributed by atoms with Crippen LogP contribution >= 0.6 is 15.9 Å². The highest BCUT2D eigenvalue weighted by atomic mass is 79.9. The minimum Gasteiger partial charge on any atom is -0.462 e. The van der Waals surface area contributed by atoms with E-state index in [4.69, 9.17) is 10.5 Å². The van der Waals surface area contributed by atoms with Gasteiger partial charge in [-0.3, -0.25) is 0 Å². The van der Waals surface area contributed by atoms with Crippen molar-refractivity contribution in [1.82, 2.24) is 0 Å². The summed E-state index contributed by atoms with van der Waals surface area (Å²) in [4.78, 5) is 3.98. The van der Waals surface area contributed by atoms with E-state index in [0.717, 1.165) is 22.9 Å². The first-order valence-electron chi connectivity index (χ1n) is 12.2. The summed E-state index contributed by atoms with van der Waals surface area (Å²) in [5.41, 5.74) is 6.38. The fourth-order valence-electron chi connectivity index (χ4n) is 4.27. The Labute approximate surface area is 223 Å². The molecular weight excluding hydrogens is 531 g/mol. The zero-order valence-corrected chi connectivity index (χ0v) is 22.9. The monoisotopic (exact) mass is 571 g/mol. The van der Waals surface area contributed by atoms with Crippen molar-refractivity contribution in [3.63, 3.8) is 0 Å². The average Bonchev–Trinajstić information content (AvgIpc) is 3.21. The number of nitrogens with one attached hydrogen (secondary N) is 1. The predicted molar refractivity (Wildman–Crippen MR) is 148 cm³/mol. The lowest BCUT2D eigenvalue weighted by molar-refractivity contribution is 0.0570. The van der Waals surface area contributed by atoms with Gasteiger partial charge in [-0.25, -0.2) is 18.2 Å². The molecule has 36 heavy (non-hydrogen) atoms. The highest BCUT2D eigenvalue weighted by molar-refractivity contribution is 9.10. The van der Waals surface area contributed by atoms with Crippen LogP contribution in [0.3, 0.4) is 0 Å². The smallest absolute Gasteiger partial charge is 0.283 e. The summed E-state index contributed by atoms with van der Waals surface area (Å²) in [6.07, 6.45) is -0.852. The first-order chi connectivity index (χ1) is 16.5. The van der Waals surface area contributed by atoms with Gasteiger partial charge in [-0.15, -0.1) is 0 Å². The zero-order valence-electron chi connectivity index (χ0n) is 21.3. The molecule has 0 heterocycles. The Hall–Kier alpha value is -2.22. The Kier molecular flexibility index (Phi) is 12.3. The number of anilines is 1. The van der Waals surface area contributed by atoms with Crippen molar-refractivity contribution < 1.29 is 17.9 Å². The molecule has 0 amide bonds. The Morgan fingerprint density at radius 2 is 1.89 bits per heavy atom. The van der Waals surface area contributed by atoms with Gasteiger partial charge >= 0.3 is 0 Å². The summed E-state index contributed by atoms with van der Waals surface area (Å²) in [7, 11) is 0. The van der Waals surface area contributed by atoms with E-state index in [2.05, 4.69) is 32.3 Å². The molecule has 0 bridgehead atoms. The number of rotatable bonds is 8. The molecule has 1 aliphatic carbocycles. The molecule has 0 saturated carbocycles. The fraction of sp³-hybridized carbons (Fsp3) is 0.536. The Bertz CT molecular complexity index is 1020. The number of benzene rings is 2. The summed E-state index contributed by atoms with van der Waals surface area (Å²) < 4.78 is 49.9. The summed E-state index contributed by atoms with van der Waals surface area (Å²) in [6, 6.07) is 9.87. The van der Waals surface area contributed by atoms with Crippen LogP contribution in [-0.4, -0.2) is 18.6 Å². The molecule has 0 fully saturated rings. The number of nitrogens with two attached hydrogens (primary N) is 1. The lowest BCUT2D eigenvalue weighted by Crippen LogP contribution is -2.36. The van der Waals surface area contributed by atoms with E-state index >= 15 is 0 Å². The van der Waals surface area contributed by atoms with Gasteiger partial charge in [0, 0.05) is 15.7 Å². The number of nitrogens with zero attached hydrogens (tertiary/aromatic N) is 1. The number of halogens is 4. The summed E-state index contributed by atoms with van der Waals surface area (Å²) in [6.45, 7) is 11.0. The molecule has 0 spiro atoms. The largest absolute Gasteiger partial charge is 0.462 e. The predicted octanol–water partition coefficient (Wildman–Crippen LogP) is 8.60. The van der Waals surface area contributed by atoms with Gasteiger partial charge in [0.2, 0.25) is 0 Å². The van der Waals surface area contributed by atoms with Gasteiger partial charge < -0.3 is 15.8 Å². The van der Waals surface area contributed by atoms with Gasteiger partial charge in [0.1, 0.15) is 11.9 Å². The summed E-state index contributed by atoms with van der Waals surface area (Å²) in [5.74, 6) is -0.646. The van der Waals surface area contributed by atoms with E-state index in [9.17, 15) is 13.2 Å². The maximum Gasteiger partial charge on any atom is 0.283 e. The van der Waals surface area contributed by atoms with Crippen LogP contribution in [-0.2, 0) is 16.7 Å². The molecule has 4 nitrogen and oxygen atoms in total. The molecule has 3 rings (SSSR count). The molecule has 8 heteroatoms. The average molecular weight is 573 g/mol. The van der Waals surface area contributed by atoms with Crippen molar-refractivity contribution in [3.05, 3.63) is 63.4 Å². The van der Waals surface area contributed by atoms with Gasteiger partial charge in [-0.2, -0.15) is 0 Å². The van der Waals surface area contributed by atoms with Crippen LogP contribution < -0.4 is 11.1 Å². The lowest BCUT2D eigenvalue weighted by atomic mass is 9.92. The first-order valence-corrected chi connectivity index (χ1v) is 13.0. The minimum absolute atomic E-state index is 0. The Morgan fingerprint density at radius 3 is 2.47 bits per heavy atom. The Balaban J connectivity index is 0.00000211. The van der Waals surface area contributed by atoms with Gasteiger partial charge in [-0.1, -0.05) is 64.0 Å². The normalized spacial score (nSPS) is 17.4. The van der Waals surface area contributed by atoms with Crippen molar-refractivity contribution in [2.24, 2.45) is 16.6 Å². The minimum atomic E-state index is -2.99. The van der Waals surface area contributed by atoms with Crippen molar-refractivity contribution in [3.8, 4) is 0 Å². The molecule has 1 aliphatic rings. The number of alkyl halides is 2. The number of hydrogen-bond donors (Lipinski definition) is 2. The molecule has 0 aliphatic heterocycles. The second-order valence-corrected chi connectivity index (χ2v) is 9.90. The van der Waals surface area contributed by atoms with Crippen molar-refractivity contribution >= 4 is 27.6 Å². The van der Waals surface area contributed by atoms with Crippen LogP contribution in [0.5, 0.6) is 0 Å². The van der Waals surface area contributed by atoms with Gasteiger partial charge in [0.25, 0.3) is 12.4 Å². The molecule has 0 aromatic heterocycles. The van der Waals surface area contributed by atoms with Crippen LogP contribution in [0.1, 0.15) is 84.5 Å². The number of amidine groups is 1. The van der Waals surface area contributed by atoms with E-state index in [1.165, 1.54) is 24.6 Å². The second kappa shape index (κ2) is 13.9. The Morgan fingerprint density at radius 1 is 1.22 bits per heavy atom. The first kappa shape index (κ1) is 31.8. The quantitative estimate of drug-likeness (QED) is 0.246. The van der Waals surface area contributed by atoms with Crippen molar-refractivity contribution in [1.29, 1.82) is 0 Å². The van der Waals surface area contributed by atoms with Crippen LogP contribution in [0.25, 0.3) is 0 Å². The second-order valence-electron chi connectivity index (χ2n) is 8.98. The maximum absolute atomic E-state index is 14.8. The molecule has 0 radical (unpaired) electrons. The number of hydrogen-bond acceptors (Lipinski definition) is 3. The zero-order chi connectivity index (χ0) is 26.3. The van der Waals surface area contributed by atoms with Crippen molar-refractivity contribution in [2.45, 2.75) is 92.3 Å². The van der Waals surface area contributed by atoms with E-state index in [1.54, 1.807) is 6.07 Å². The molecule has 3 N–H and O–H groups in total. The molecular formula is C28H41BrF3N3O. The van der Waals surface area contributed by atoms with E-state index in [-0.39, 0.29) is 37.1 Å². The van der Waals surface area contributed by atoms with E-state index in [0.29, 0.717) is 12.1 Å². The molecule has 2 aromatic rings.